The first-order valence-electron chi connectivity index (χ1n) is 4.34. The van der Waals surface area contributed by atoms with Crippen molar-refractivity contribution in [3.05, 3.63) is 42.0 Å². The van der Waals surface area contributed by atoms with E-state index in [-0.39, 0.29) is 0 Å². The number of rotatable bonds is 2. The third kappa shape index (κ3) is 1.46. The highest BCUT2D eigenvalue weighted by Crippen LogP contribution is 2.26. The van der Waals surface area contributed by atoms with Gasteiger partial charge in [0.25, 0.3) is 0 Å². The van der Waals surface area contributed by atoms with Gasteiger partial charge in [-0.25, -0.2) is 4.79 Å². The molecule has 0 amide bonds. The third-order valence-electron chi connectivity index (χ3n) is 2.12. The van der Waals surface area contributed by atoms with E-state index in [1.54, 1.807) is 0 Å². The molecule has 0 aliphatic carbocycles. The number of aryl methyl sites for hydroxylation is 1. The molecule has 0 heterocycles. The summed E-state index contributed by atoms with van der Waals surface area (Å²) in [4.78, 5) is 10.2. The van der Waals surface area contributed by atoms with Gasteiger partial charge in [0.2, 0.25) is 0 Å². The van der Waals surface area contributed by atoms with E-state index in [1.807, 2.05) is 43.3 Å². The van der Waals surface area contributed by atoms with Gasteiger partial charge in [-0.3, -0.25) is 0 Å². The molecule has 14 heavy (non-hydrogen) atoms. The van der Waals surface area contributed by atoms with Gasteiger partial charge in [-0.15, -0.1) is 0 Å². The van der Waals surface area contributed by atoms with Crippen LogP contribution in [0.25, 0.3) is 10.8 Å². The predicted octanol–water partition coefficient (Wildman–Crippen LogP) is 2.59. The first-order chi connectivity index (χ1) is 6.81. The van der Waals surface area contributed by atoms with Crippen molar-refractivity contribution in [2.45, 2.75) is 6.92 Å². The highest BCUT2D eigenvalue weighted by Gasteiger charge is 2.02. The fraction of sp³-hybridized carbons (Fsp3) is 0.0833. The van der Waals surface area contributed by atoms with E-state index in [4.69, 9.17) is 4.74 Å². The summed E-state index contributed by atoms with van der Waals surface area (Å²) in [5, 5.41) is 2.00. The molecule has 0 N–H and O–H groups in total. The van der Waals surface area contributed by atoms with E-state index in [0.29, 0.717) is 5.75 Å². The maximum absolute atomic E-state index is 10.2. The number of benzene rings is 2. The molecule has 0 fully saturated rings. The highest BCUT2D eigenvalue weighted by molar-refractivity contribution is 5.89. The van der Waals surface area contributed by atoms with Crippen LogP contribution in [0.5, 0.6) is 5.75 Å². The second-order valence-corrected chi connectivity index (χ2v) is 3.17. The van der Waals surface area contributed by atoms with Crippen molar-refractivity contribution < 1.29 is 9.53 Å². The van der Waals surface area contributed by atoms with Crippen molar-refractivity contribution in [2.24, 2.45) is 0 Å². The molecule has 0 aliphatic heterocycles. The zero-order valence-electron chi connectivity index (χ0n) is 7.78. The summed E-state index contributed by atoms with van der Waals surface area (Å²) < 4.78 is 4.79. The van der Waals surface area contributed by atoms with E-state index < -0.39 is 0 Å². The lowest BCUT2D eigenvalue weighted by Crippen LogP contribution is -1.90. The Morgan fingerprint density at radius 2 is 2.00 bits per heavy atom. The molecule has 0 spiro atoms. The average Bonchev–Trinajstić information content (AvgIpc) is 2.18. The van der Waals surface area contributed by atoms with Gasteiger partial charge in [0, 0.05) is 5.39 Å². The van der Waals surface area contributed by atoms with E-state index >= 15 is 0 Å². The molecule has 0 aromatic heterocycles. The highest BCUT2D eigenvalue weighted by atomic mass is 16.5. The Bertz CT molecular complexity index is 475. The number of carbonyl (C=O) groups excluding carboxylic acids is 1. The average molecular weight is 185 g/mol. The van der Waals surface area contributed by atoms with Gasteiger partial charge in [-0.1, -0.05) is 30.3 Å². The normalized spacial score (nSPS) is 10.1. The minimum absolute atomic E-state index is 0.565. The first kappa shape index (κ1) is 8.75. The van der Waals surface area contributed by atoms with Crippen molar-refractivity contribution in [2.75, 3.05) is 0 Å². The van der Waals surface area contributed by atoms with Crippen LogP contribution in [0.15, 0.2) is 36.4 Å². The standard InChI is InChI=1S/C12H9O2/c1-9-6-10-4-2-3-5-11(10)12(7-9)14-8-13/h2-7H,1H3. The monoisotopic (exact) mass is 185 g/mol. The summed E-state index contributed by atoms with van der Waals surface area (Å²) in [6.07, 6.45) is 0. The number of fused-ring (bicyclic) bond motifs is 1. The van der Waals surface area contributed by atoms with Gasteiger partial charge in [-0.2, -0.15) is 0 Å². The van der Waals surface area contributed by atoms with Crippen molar-refractivity contribution in [1.82, 2.24) is 0 Å². The molecule has 2 aromatic rings. The van der Waals surface area contributed by atoms with Crippen LogP contribution in [0.3, 0.4) is 0 Å². The molecule has 2 heteroatoms. The van der Waals surface area contributed by atoms with Gasteiger partial charge in [0.05, 0.1) is 0 Å². The quantitative estimate of drug-likeness (QED) is 0.718. The fourth-order valence-corrected chi connectivity index (χ4v) is 1.55. The Morgan fingerprint density at radius 3 is 2.79 bits per heavy atom. The maximum Gasteiger partial charge on any atom is 0.423 e. The second-order valence-electron chi connectivity index (χ2n) is 3.17. The third-order valence-corrected chi connectivity index (χ3v) is 2.12. The van der Waals surface area contributed by atoms with Crippen LogP contribution in [0.1, 0.15) is 5.56 Å². The first-order valence-corrected chi connectivity index (χ1v) is 4.34. The summed E-state index contributed by atoms with van der Waals surface area (Å²) in [5.41, 5.74) is 1.06. The SMILES string of the molecule is Cc1cc(O[C]=O)c2ccccc2c1. The Morgan fingerprint density at radius 1 is 1.21 bits per heavy atom. The lowest BCUT2D eigenvalue weighted by Gasteiger charge is -2.04. The van der Waals surface area contributed by atoms with Gasteiger partial charge < -0.3 is 4.74 Å². The molecule has 0 saturated carbocycles. The van der Waals surface area contributed by atoms with Crippen LogP contribution >= 0.6 is 0 Å². The zero-order valence-corrected chi connectivity index (χ0v) is 7.78. The molecule has 2 rings (SSSR count). The fourth-order valence-electron chi connectivity index (χ4n) is 1.55. The molecule has 0 unspecified atom stereocenters. The van der Waals surface area contributed by atoms with Crippen LogP contribution in [0.2, 0.25) is 0 Å². The number of hydrogen-bond donors (Lipinski definition) is 0. The summed E-state index contributed by atoms with van der Waals surface area (Å²) in [5.74, 6) is 0.565. The molecule has 0 bridgehead atoms. The lowest BCUT2D eigenvalue weighted by molar-refractivity contribution is 0.445. The predicted molar refractivity (Wildman–Crippen MR) is 55.0 cm³/mol. The van der Waals surface area contributed by atoms with E-state index in [0.717, 1.165) is 16.3 Å². The van der Waals surface area contributed by atoms with Crippen molar-refractivity contribution in [3.63, 3.8) is 0 Å². The van der Waals surface area contributed by atoms with Crippen molar-refractivity contribution in [1.29, 1.82) is 0 Å². The van der Waals surface area contributed by atoms with Gasteiger partial charge in [-0.05, 0) is 23.9 Å². The van der Waals surface area contributed by atoms with Crippen molar-refractivity contribution >= 4 is 17.2 Å². The molecule has 0 saturated heterocycles. The van der Waals surface area contributed by atoms with Crippen LogP contribution < -0.4 is 4.74 Å². The van der Waals surface area contributed by atoms with Gasteiger partial charge in [0.1, 0.15) is 5.75 Å². The van der Waals surface area contributed by atoms with Gasteiger partial charge >= 0.3 is 6.47 Å². The molecular weight excluding hydrogens is 176 g/mol. The minimum Gasteiger partial charge on any atom is -0.417 e. The summed E-state index contributed by atoms with van der Waals surface area (Å²) in [6, 6.07) is 11.6. The Balaban J connectivity index is 2.73. The summed E-state index contributed by atoms with van der Waals surface area (Å²) >= 11 is 0. The second kappa shape index (κ2) is 3.50. The summed E-state index contributed by atoms with van der Waals surface area (Å²) in [7, 11) is 0. The van der Waals surface area contributed by atoms with E-state index in [2.05, 4.69) is 0 Å². The molecule has 1 radical (unpaired) electrons. The molecule has 0 atom stereocenters. The molecule has 2 nitrogen and oxygen atoms in total. The molecule has 0 aliphatic rings. The van der Waals surface area contributed by atoms with Gasteiger partial charge in [0.15, 0.2) is 0 Å². The number of hydrogen-bond acceptors (Lipinski definition) is 2. The van der Waals surface area contributed by atoms with E-state index in [1.165, 1.54) is 6.47 Å². The van der Waals surface area contributed by atoms with Crippen LogP contribution in [-0.4, -0.2) is 6.47 Å². The van der Waals surface area contributed by atoms with Crippen molar-refractivity contribution in [3.8, 4) is 5.75 Å². The molecular formula is C12H9O2. The minimum atomic E-state index is 0.565. The van der Waals surface area contributed by atoms with E-state index in [9.17, 15) is 4.79 Å². The zero-order chi connectivity index (χ0) is 9.97. The maximum atomic E-state index is 10.2. The Labute approximate surface area is 82.1 Å². The van der Waals surface area contributed by atoms with Crippen LogP contribution in [0, 0.1) is 6.92 Å². The molecule has 2 aromatic carbocycles. The van der Waals surface area contributed by atoms with Crippen LogP contribution in [0.4, 0.5) is 0 Å². The topological polar surface area (TPSA) is 26.3 Å². The lowest BCUT2D eigenvalue weighted by atomic mass is 10.1. The molecule has 69 valence electrons. The van der Waals surface area contributed by atoms with Crippen LogP contribution in [-0.2, 0) is 4.79 Å². The smallest absolute Gasteiger partial charge is 0.417 e. The Kier molecular flexibility index (Phi) is 2.19. The summed E-state index contributed by atoms with van der Waals surface area (Å²) in [6.45, 7) is 3.42. The Hall–Kier alpha value is -1.83. The number of ether oxygens (including phenoxy) is 1. The largest absolute Gasteiger partial charge is 0.423 e.